The lowest BCUT2D eigenvalue weighted by atomic mass is 10.1. The number of nitrogens with zero attached hydrogens (tertiary/aromatic N) is 3. The van der Waals surface area contributed by atoms with Gasteiger partial charge in [-0.2, -0.15) is 0 Å². The minimum atomic E-state index is -0.288. The molecule has 1 aromatic carbocycles. The predicted octanol–water partition coefficient (Wildman–Crippen LogP) is 4.07. The molecule has 1 amide bonds. The summed E-state index contributed by atoms with van der Waals surface area (Å²) in [4.78, 5) is 19.6. The van der Waals surface area contributed by atoms with E-state index in [1.54, 1.807) is 7.11 Å². The van der Waals surface area contributed by atoms with E-state index >= 15 is 0 Å². The molecule has 0 bridgehead atoms. The Hall–Kier alpha value is -3.02. The summed E-state index contributed by atoms with van der Waals surface area (Å²) in [5, 5.41) is 3.02. The lowest BCUT2D eigenvalue weighted by Gasteiger charge is -2.22. The molecule has 0 saturated carbocycles. The highest BCUT2D eigenvalue weighted by Gasteiger charge is 2.19. The molecule has 2 heterocycles. The van der Waals surface area contributed by atoms with Crippen LogP contribution in [0.1, 0.15) is 49.3 Å². The Morgan fingerprint density at radius 3 is 2.45 bits per heavy atom. The number of hydrogen-bond acceptors (Lipinski definition) is 4. The van der Waals surface area contributed by atoms with Crippen molar-refractivity contribution in [2.24, 2.45) is 0 Å². The van der Waals surface area contributed by atoms with Crippen LogP contribution in [0.5, 0.6) is 5.75 Å². The second-order valence-corrected chi connectivity index (χ2v) is 8.29. The Balaban J connectivity index is 1.95. The minimum Gasteiger partial charge on any atom is -0.497 e. The van der Waals surface area contributed by atoms with Gasteiger partial charge in [-0.05, 0) is 57.0 Å². The molecule has 2 aromatic heterocycles. The zero-order chi connectivity index (χ0) is 21.2. The van der Waals surface area contributed by atoms with Gasteiger partial charge in [0.05, 0.1) is 18.4 Å². The Bertz CT molecular complexity index is 1000. The molecule has 0 spiro atoms. The largest absolute Gasteiger partial charge is 0.497 e. The number of fused-ring (bicyclic) bond motifs is 1. The summed E-state index contributed by atoms with van der Waals surface area (Å²) in [6.45, 7) is 8.75. The number of imidazole rings is 1. The van der Waals surface area contributed by atoms with Crippen LogP contribution in [0.4, 0.5) is 5.82 Å². The maximum atomic E-state index is 12.6. The third-order valence-corrected chi connectivity index (χ3v) is 4.69. The van der Waals surface area contributed by atoms with Crippen molar-refractivity contribution in [3.05, 3.63) is 59.4 Å². The molecular weight excluding hydrogens is 364 g/mol. The number of hydrogen-bond donors (Lipinski definition) is 1. The van der Waals surface area contributed by atoms with Crippen molar-refractivity contribution in [1.82, 2.24) is 14.7 Å². The molecule has 6 nitrogen and oxygen atoms in total. The van der Waals surface area contributed by atoms with E-state index < -0.39 is 0 Å². The number of carbonyl (C=O) groups is 1. The van der Waals surface area contributed by atoms with E-state index in [2.05, 4.69) is 36.3 Å². The summed E-state index contributed by atoms with van der Waals surface area (Å²) < 4.78 is 7.26. The number of methoxy groups -OCH3 is 1. The van der Waals surface area contributed by atoms with Crippen LogP contribution in [0, 0.1) is 0 Å². The Morgan fingerprint density at radius 1 is 1.17 bits per heavy atom. The van der Waals surface area contributed by atoms with Crippen LogP contribution in [0.15, 0.2) is 42.6 Å². The number of anilines is 1. The highest BCUT2D eigenvalue weighted by atomic mass is 16.5. The maximum absolute atomic E-state index is 12.6. The highest BCUT2D eigenvalue weighted by Crippen LogP contribution is 2.25. The monoisotopic (exact) mass is 394 g/mol. The number of carbonyl (C=O) groups excluding carboxylic acids is 1. The van der Waals surface area contributed by atoms with E-state index in [9.17, 15) is 4.79 Å². The topological polar surface area (TPSA) is 58.9 Å². The second-order valence-electron chi connectivity index (χ2n) is 8.29. The molecule has 0 atom stereocenters. The lowest BCUT2D eigenvalue weighted by Crippen LogP contribution is -2.40. The van der Waals surface area contributed by atoms with Crippen LogP contribution in [0.3, 0.4) is 0 Å². The summed E-state index contributed by atoms with van der Waals surface area (Å²) >= 11 is 0. The van der Waals surface area contributed by atoms with E-state index in [1.165, 1.54) is 5.56 Å². The SMILES string of the molecule is CCc1nc2ccc(C(=O)NC(C)(C)C)cn2c1N(C)Cc1ccc(OC)cc1. The average molecular weight is 395 g/mol. The van der Waals surface area contributed by atoms with Gasteiger partial charge in [-0.3, -0.25) is 9.20 Å². The molecule has 0 fully saturated rings. The fourth-order valence-electron chi connectivity index (χ4n) is 3.35. The Morgan fingerprint density at radius 2 is 1.86 bits per heavy atom. The third-order valence-electron chi connectivity index (χ3n) is 4.69. The van der Waals surface area contributed by atoms with Crippen molar-refractivity contribution in [3.8, 4) is 5.75 Å². The number of rotatable bonds is 6. The molecule has 0 radical (unpaired) electrons. The van der Waals surface area contributed by atoms with Crippen LogP contribution in [-0.4, -0.2) is 35.0 Å². The molecule has 0 unspecified atom stereocenters. The quantitative estimate of drug-likeness (QED) is 0.685. The van der Waals surface area contributed by atoms with E-state index in [0.717, 1.165) is 35.9 Å². The number of amides is 1. The molecule has 0 aliphatic carbocycles. The van der Waals surface area contributed by atoms with E-state index in [1.807, 2.05) is 55.6 Å². The number of nitrogens with one attached hydrogen (secondary N) is 1. The van der Waals surface area contributed by atoms with Gasteiger partial charge >= 0.3 is 0 Å². The number of pyridine rings is 1. The fraction of sp³-hybridized carbons (Fsp3) is 0.391. The van der Waals surface area contributed by atoms with Crippen LogP contribution in [0.2, 0.25) is 0 Å². The van der Waals surface area contributed by atoms with Gasteiger partial charge in [-0.1, -0.05) is 19.1 Å². The van der Waals surface area contributed by atoms with Gasteiger partial charge in [0.2, 0.25) is 0 Å². The molecule has 29 heavy (non-hydrogen) atoms. The number of ether oxygens (including phenoxy) is 1. The van der Waals surface area contributed by atoms with E-state index in [4.69, 9.17) is 9.72 Å². The van der Waals surface area contributed by atoms with Crippen molar-refractivity contribution >= 4 is 17.4 Å². The molecule has 1 N–H and O–H groups in total. The van der Waals surface area contributed by atoms with Gasteiger partial charge in [0.25, 0.3) is 5.91 Å². The van der Waals surface area contributed by atoms with Gasteiger partial charge < -0.3 is 15.0 Å². The van der Waals surface area contributed by atoms with Crippen molar-refractivity contribution < 1.29 is 9.53 Å². The lowest BCUT2D eigenvalue weighted by molar-refractivity contribution is 0.0919. The second kappa shape index (κ2) is 8.15. The highest BCUT2D eigenvalue weighted by molar-refractivity contribution is 5.94. The van der Waals surface area contributed by atoms with Gasteiger partial charge in [0, 0.05) is 25.3 Å². The van der Waals surface area contributed by atoms with E-state index in [0.29, 0.717) is 5.56 Å². The molecule has 3 aromatic rings. The predicted molar refractivity (Wildman–Crippen MR) is 117 cm³/mol. The van der Waals surface area contributed by atoms with Crippen molar-refractivity contribution in [2.45, 2.75) is 46.2 Å². The van der Waals surface area contributed by atoms with Gasteiger partial charge in [-0.15, -0.1) is 0 Å². The Labute approximate surface area is 172 Å². The standard InChI is InChI=1S/C23H30N4O2/c1-7-19-22(26(5)14-16-8-11-18(29-6)12-9-16)27-15-17(10-13-20(27)24-19)21(28)25-23(2,3)4/h8-13,15H,7,14H2,1-6H3,(H,25,28). The first-order valence-corrected chi connectivity index (χ1v) is 9.89. The molecule has 6 heteroatoms. The summed E-state index contributed by atoms with van der Waals surface area (Å²) in [6.07, 6.45) is 2.69. The molecule has 154 valence electrons. The minimum absolute atomic E-state index is 0.0881. The third kappa shape index (κ3) is 4.70. The first-order chi connectivity index (χ1) is 13.7. The zero-order valence-electron chi connectivity index (χ0n) is 18.1. The van der Waals surface area contributed by atoms with Crippen LogP contribution in [-0.2, 0) is 13.0 Å². The van der Waals surface area contributed by atoms with Crippen molar-refractivity contribution in [1.29, 1.82) is 0 Å². The Kier molecular flexibility index (Phi) is 5.82. The average Bonchev–Trinajstić information content (AvgIpc) is 3.05. The van der Waals surface area contributed by atoms with Crippen LogP contribution < -0.4 is 15.0 Å². The van der Waals surface area contributed by atoms with Gasteiger partial charge in [0.15, 0.2) is 0 Å². The van der Waals surface area contributed by atoms with E-state index in [-0.39, 0.29) is 11.4 Å². The van der Waals surface area contributed by atoms with Crippen LogP contribution >= 0.6 is 0 Å². The number of benzene rings is 1. The molecular formula is C23H30N4O2. The summed E-state index contributed by atoms with van der Waals surface area (Å²) in [5.74, 6) is 1.76. The molecule has 0 saturated heterocycles. The van der Waals surface area contributed by atoms with Crippen molar-refractivity contribution in [3.63, 3.8) is 0 Å². The number of aromatic nitrogens is 2. The normalized spacial score (nSPS) is 11.5. The van der Waals surface area contributed by atoms with Crippen molar-refractivity contribution in [2.75, 3.05) is 19.1 Å². The molecule has 3 rings (SSSR count). The summed E-state index contributed by atoms with van der Waals surface area (Å²) in [7, 11) is 3.72. The first-order valence-electron chi connectivity index (χ1n) is 9.89. The van der Waals surface area contributed by atoms with Gasteiger partial charge in [0.1, 0.15) is 17.2 Å². The maximum Gasteiger partial charge on any atom is 0.253 e. The smallest absolute Gasteiger partial charge is 0.253 e. The van der Waals surface area contributed by atoms with Gasteiger partial charge in [-0.25, -0.2) is 4.98 Å². The molecule has 0 aliphatic rings. The summed E-state index contributed by atoms with van der Waals surface area (Å²) in [6, 6.07) is 11.8. The first kappa shape index (κ1) is 20.7. The van der Waals surface area contributed by atoms with Crippen LogP contribution in [0.25, 0.3) is 5.65 Å². The summed E-state index contributed by atoms with van der Waals surface area (Å²) in [5.41, 5.74) is 3.35. The fourth-order valence-corrected chi connectivity index (χ4v) is 3.35. The number of aryl methyl sites for hydroxylation is 1. The molecule has 0 aliphatic heterocycles. The zero-order valence-corrected chi connectivity index (χ0v) is 18.1.